The highest BCUT2D eigenvalue weighted by Crippen LogP contribution is 2.43. The summed E-state index contributed by atoms with van der Waals surface area (Å²) >= 11 is 6.81. The van der Waals surface area contributed by atoms with Crippen LogP contribution in [0, 0.1) is 6.92 Å². The van der Waals surface area contributed by atoms with Gasteiger partial charge in [0.1, 0.15) is 11.3 Å². The molecule has 0 amide bonds. The molecule has 0 aliphatic carbocycles. The Labute approximate surface area is 155 Å². The molecule has 1 heterocycles. The number of furan rings is 1. The molecule has 0 N–H and O–H groups in total. The maximum atomic E-state index is 12.9. The number of hydrogen-bond acceptors (Lipinski definition) is 4. The molecule has 1 aromatic heterocycles. The first-order valence-corrected chi connectivity index (χ1v) is 8.68. The Morgan fingerprint density at radius 3 is 2.42 bits per heavy atom. The standard InChI is InChI=1S/C18H12Br2O4/c1-9-14(17(22)11-6-4-3-5-7-11)15-13(23-9)8-12(19)18(16(15)20)24-10(2)21/h3-8H,1-2H3. The van der Waals surface area contributed by atoms with E-state index >= 15 is 0 Å². The summed E-state index contributed by atoms with van der Waals surface area (Å²) in [6, 6.07) is 10.7. The van der Waals surface area contributed by atoms with Crippen LogP contribution in [0.1, 0.15) is 28.6 Å². The fraction of sp³-hybridized carbons (Fsp3) is 0.111. The monoisotopic (exact) mass is 450 g/mol. The van der Waals surface area contributed by atoms with Gasteiger partial charge in [0, 0.05) is 17.9 Å². The quantitative estimate of drug-likeness (QED) is 0.303. The number of rotatable bonds is 3. The molecule has 122 valence electrons. The largest absolute Gasteiger partial charge is 0.460 e. The first kappa shape index (κ1) is 16.9. The van der Waals surface area contributed by atoms with E-state index in [0.717, 1.165) is 0 Å². The van der Waals surface area contributed by atoms with Gasteiger partial charge in [-0.3, -0.25) is 9.59 Å². The van der Waals surface area contributed by atoms with Gasteiger partial charge in [0.15, 0.2) is 11.5 Å². The second kappa shape index (κ2) is 6.53. The normalized spacial score (nSPS) is 10.8. The molecule has 0 radical (unpaired) electrons. The topological polar surface area (TPSA) is 56.5 Å². The van der Waals surface area contributed by atoms with Crippen LogP contribution in [0.2, 0.25) is 0 Å². The Morgan fingerprint density at radius 2 is 1.79 bits per heavy atom. The van der Waals surface area contributed by atoms with Crippen molar-refractivity contribution in [2.24, 2.45) is 0 Å². The third kappa shape index (κ3) is 2.91. The summed E-state index contributed by atoms with van der Waals surface area (Å²) in [7, 11) is 0. The summed E-state index contributed by atoms with van der Waals surface area (Å²) in [5.74, 6) is 0.222. The van der Waals surface area contributed by atoms with Gasteiger partial charge in [0.2, 0.25) is 0 Å². The first-order chi connectivity index (χ1) is 11.4. The molecule has 4 nitrogen and oxygen atoms in total. The van der Waals surface area contributed by atoms with Gasteiger partial charge < -0.3 is 9.15 Å². The molecule has 0 spiro atoms. The average molecular weight is 452 g/mol. The summed E-state index contributed by atoms with van der Waals surface area (Å²) in [6.07, 6.45) is 0. The molecule has 0 saturated heterocycles. The predicted octanol–water partition coefficient (Wildman–Crippen LogP) is 5.42. The van der Waals surface area contributed by atoms with Crippen molar-refractivity contribution in [3.05, 3.63) is 62.2 Å². The number of hydrogen-bond donors (Lipinski definition) is 0. The van der Waals surface area contributed by atoms with Gasteiger partial charge in [-0.1, -0.05) is 30.3 Å². The zero-order chi connectivity index (χ0) is 17.4. The lowest BCUT2D eigenvalue weighted by molar-refractivity contribution is -0.131. The molecule has 2 aromatic carbocycles. The summed E-state index contributed by atoms with van der Waals surface area (Å²) in [6.45, 7) is 3.06. The van der Waals surface area contributed by atoms with Gasteiger partial charge >= 0.3 is 5.97 Å². The van der Waals surface area contributed by atoms with Crippen LogP contribution in [0.25, 0.3) is 11.0 Å². The van der Waals surface area contributed by atoms with E-state index in [1.165, 1.54) is 6.92 Å². The second-order valence-electron chi connectivity index (χ2n) is 5.20. The summed E-state index contributed by atoms with van der Waals surface area (Å²) in [5, 5.41) is 0.584. The van der Waals surface area contributed by atoms with E-state index in [1.54, 1.807) is 37.3 Å². The molecule has 6 heteroatoms. The summed E-state index contributed by atoms with van der Waals surface area (Å²) in [4.78, 5) is 24.3. The maximum Gasteiger partial charge on any atom is 0.308 e. The number of fused-ring (bicyclic) bond motifs is 1. The molecular weight excluding hydrogens is 440 g/mol. The van der Waals surface area contributed by atoms with Crippen LogP contribution in [0.5, 0.6) is 5.75 Å². The minimum absolute atomic E-state index is 0.149. The molecule has 0 aliphatic heterocycles. The van der Waals surface area contributed by atoms with Crippen LogP contribution < -0.4 is 4.74 Å². The van der Waals surface area contributed by atoms with Gasteiger partial charge in [0.25, 0.3) is 0 Å². The predicted molar refractivity (Wildman–Crippen MR) is 97.5 cm³/mol. The zero-order valence-electron chi connectivity index (χ0n) is 12.9. The molecule has 0 bridgehead atoms. The summed E-state index contributed by atoms with van der Waals surface area (Å²) < 4.78 is 12.0. The van der Waals surface area contributed by atoms with Gasteiger partial charge in [-0.05, 0) is 44.8 Å². The molecule has 3 aromatic rings. The van der Waals surface area contributed by atoms with Crippen molar-refractivity contribution in [3.63, 3.8) is 0 Å². The van der Waals surface area contributed by atoms with Crippen molar-refractivity contribution < 1.29 is 18.7 Å². The molecule has 3 rings (SSSR count). The third-order valence-corrected chi connectivity index (χ3v) is 4.86. The zero-order valence-corrected chi connectivity index (χ0v) is 16.0. The van der Waals surface area contributed by atoms with E-state index in [2.05, 4.69) is 31.9 Å². The van der Waals surface area contributed by atoms with E-state index in [1.807, 2.05) is 6.07 Å². The number of ketones is 1. The van der Waals surface area contributed by atoms with Crippen LogP contribution in [-0.2, 0) is 4.79 Å². The van der Waals surface area contributed by atoms with Gasteiger partial charge in [-0.15, -0.1) is 0 Å². The Balaban J connectivity index is 2.27. The number of benzene rings is 2. The second-order valence-corrected chi connectivity index (χ2v) is 6.84. The lowest BCUT2D eigenvalue weighted by Crippen LogP contribution is -2.04. The van der Waals surface area contributed by atoms with E-state index in [0.29, 0.717) is 42.6 Å². The fourth-order valence-corrected chi connectivity index (χ4v) is 3.97. The van der Waals surface area contributed by atoms with Crippen molar-refractivity contribution in [1.29, 1.82) is 0 Å². The number of aryl methyl sites for hydroxylation is 1. The van der Waals surface area contributed by atoms with Crippen molar-refractivity contribution >= 4 is 54.6 Å². The molecule has 0 unspecified atom stereocenters. The minimum atomic E-state index is -0.452. The van der Waals surface area contributed by atoms with Gasteiger partial charge in [0.05, 0.1) is 14.5 Å². The van der Waals surface area contributed by atoms with Crippen molar-refractivity contribution in [2.75, 3.05) is 0 Å². The van der Waals surface area contributed by atoms with Gasteiger partial charge in [-0.25, -0.2) is 0 Å². The summed E-state index contributed by atoms with van der Waals surface area (Å²) in [5.41, 5.74) is 1.54. The Morgan fingerprint density at radius 1 is 1.12 bits per heavy atom. The highest BCUT2D eigenvalue weighted by Gasteiger charge is 2.25. The maximum absolute atomic E-state index is 12.9. The number of halogens is 2. The van der Waals surface area contributed by atoms with E-state index in [-0.39, 0.29) is 5.78 Å². The van der Waals surface area contributed by atoms with E-state index in [9.17, 15) is 9.59 Å². The highest BCUT2D eigenvalue weighted by atomic mass is 79.9. The van der Waals surface area contributed by atoms with Crippen LogP contribution in [0.15, 0.2) is 49.8 Å². The van der Waals surface area contributed by atoms with Crippen LogP contribution >= 0.6 is 31.9 Å². The molecular formula is C18H12Br2O4. The first-order valence-electron chi connectivity index (χ1n) is 7.09. The third-order valence-electron chi connectivity index (χ3n) is 3.51. The fourth-order valence-electron chi connectivity index (χ4n) is 2.53. The number of ether oxygens (including phenoxy) is 1. The van der Waals surface area contributed by atoms with E-state index in [4.69, 9.17) is 9.15 Å². The van der Waals surface area contributed by atoms with Crippen LogP contribution in [-0.4, -0.2) is 11.8 Å². The lowest BCUT2D eigenvalue weighted by atomic mass is 10.0. The number of esters is 1. The Bertz CT molecular complexity index is 958. The van der Waals surface area contributed by atoms with Crippen LogP contribution in [0.3, 0.4) is 0 Å². The smallest absolute Gasteiger partial charge is 0.308 e. The minimum Gasteiger partial charge on any atom is -0.460 e. The lowest BCUT2D eigenvalue weighted by Gasteiger charge is -2.08. The molecule has 0 aliphatic rings. The molecule has 0 atom stereocenters. The van der Waals surface area contributed by atoms with E-state index < -0.39 is 5.97 Å². The number of carbonyl (C=O) groups is 2. The van der Waals surface area contributed by atoms with Crippen molar-refractivity contribution in [1.82, 2.24) is 0 Å². The molecule has 24 heavy (non-hydrogen) atoms. The van der Waals surface area contributed by atoms with Crippen LogP contribution in [0.4, 0.5) is 0 Å². The van der Waals surface area contributed by atoms with Gasteiger partial charge in [-0.2, -0.15) is 0 Å². The molecule has 0 fully saturated rings. The Kier molecular flexibility index (Phi) is 4.60. The SMILES string of the molecule is CC(=O)Oc1c(Br)cc2oc(C)c(C(=O)c3ccccc3)c2c1Br. The highest BCUT2D eigenvalue weighted by molar-refractivity contribution is 9.11. The molecule has 0 saturated carbocycles. The number of carbonyl (C=O) groups excluding carboxylic acids is 2. The van der Waals surface area contributed by atoms with Crippen molar-refractivity contribution in [2.45, 2.75) is 13.8 Å². The Hall–Kier alpha value is -1.92. The average Bonchev–Trinajstić information content (AvgIpc) is 2.87. The van der Waals surface area contributed by atoms with Crippen molar-refractivity contribution in [3.8, 4) is 5.75 Å².